The van der Waals surface area contributed by atoms with Crippen molar-refractivity contribution in [2.45, 2.75) is 26.2 Å². The van der Waals surface area contributed by atoms with E-state index in [0.29, 0.717) is 0 Å². The molecular weight excluding hydrogens is 194 g/mol. The average molecular weight is 215 g/mol. The molecule has 0 bridgehead atoms. The molecule has 1 atom stereocenters. The van der Waals surface area contributed by atoms with E-state index < -0.39 is 0 Å². The van der Waals surface area contributed by atoms with Gasteiger partial charge in [-0.3, -0.25) is 0 Å². The van der Waals surface area contributed by atoms with Crippen molar-refractivity contribution in [2.75, 3.05) is 13.1 Å². The maximum Gasteiger partial charge on any atom is -0.00175 e. The first-order valence-corrected chi connectivity index (χ1v) is 6.29. The van der Waals surface area contributed by atoms with Crippen LogP contribution in [0.1, 0.15) is 31.7 Å². The summed E-state index contributed by atoms with van der Waals surface area (Å²) in [7, 11) is 0. The molecule has 1 N–H and O–H groups in total. The van der Waals surface area contributed by atoms with Gasteiger partial charge in [0.05, 0.1) is 0 Å². The Kier molecular flexibility index (Phi) is 4.17. The van der Waals surface area contributed by atoms with Crippen LogP contribution in [-0.4, -0.2) is 13.1 Å². The molecule has 1 saturated heterocycles. The van der Waals surface area contributed by atoms with Crippen molar-refractivity contribution in [1.29, 1.82) is 0 Å². The summed E-state index contributed by atoms with van der Waals surface area (Å²) in [6, 6.07) is 10.7. The number of nitrogens with one attached hydrogen (secondary N) is 1. The largest absolute Gasteiger partial charge is 0.316 e. The van der Waals surface area contributed by atoms with E-state index in [0.717, 1.165) is 5.92 Å². The lowest BCUT2D eigenvalue weighted by Gasteiger charge is -2.21. The van der Waals surface area contributed by atoms with E-state index in [1.165, 1.54) is 43.5 Å². The molecule has 1 heterocycles. The van der Waals surface area contributed by atoms with Gasteiger partial charge in [-0.15, -0.1) is 0 Å². The summed E-state index contributed by atoms with van der Waals surface area (Å²) in [4.78, 5) is 0. The molecule has 1 aromatic carbocycles. The summed E-state index contributed by atoms with van der Waals surface area (Å²) in [5.74, 6) is 0.840. The van der Waals surface area contributed by atoms with Crippen LogP contribution in [0.5, 0.6) is 0 Å². The monoisotopic (exact) mass is 215 g/mol. The van der Waals surface area contributed by atoms with E-state index in [4.69, 9.17) is 0 Å². The fraction of sp³-hybridized carbons (Fsp3) is 0.467. The third kappa shape index (κ3) is 3.21. The molecule has 0 saturated carbocycles. The summed E-state index contributed by atoms with van der Waals surface area (Å²) < 4.78 is 0. The fourth-order valence-electron chi connectivity index (χ4n) is 2.29. The summed E-state index contributed by atoms with van der Waals surface area (Å²) >= 11 is 0. The Balaban J connectivity index is 1.91. The molecule has 0 radical (unpaired) electrons. The van der Waals surface area contributed by atoms with E-state index in [-0.39, 0.29) is 0 Å². The van der Waals surface area contributed by atoms with Gasteiger partial charge in [-0.2, -0.15) is 0 Å². The number of allylic oxidation sites excluding steroid dienone is 2. The van der Waals surface area contributed by atoms with Crippen LogP contribution in [0.3, 0.4) is 0 Å². The summed E-state index contributed by atoms with van der Waals surface area (Å²) in [6.07, 6.45) is 6.33. The van der Waals surface area contributed by atoms with Crippen LogP contribution in [0.2, 0.25) is 0 Å². The van der Waals surface area contributed by atoms with E-state index >= 15 is 0 Å². The lowest BCUT2D eigenvalue weighted by molar-refractivity contribution is 0.381. The third-order valence-corrected chi connectivity index (χ3v) is 3.39. The molecule has 16 heavy (non-hydrogen) atoms. The maximum absolute atomic E-state index is 3.47. The van der Waals surface area contributed by atoms with Crippen LogP contribution < -0.4 is 5.32 Å². The predicted molar refractivity (Wildman–Crippen MR) is 70.3 cm³/mol. The minimum atomic E-state index is 0.840. The molecule has 0 aliphatic carbocycles. The van der Waals surface area contributed by atoms with Crippen LogP contribution in [0.4, 0.5) is 0 Å². The van der Waals surface area contributed by atoms with E-state index in [2.05, 4.69) is 48.6 Å². The molecule has 1 aliphatic heterocycles. The SMILES string of the molecule is C/C(=C/CC1CCCNC1)c1ccccc1. The molecule has 1 unspecified atom stereocenters. The van der Waals surface area contributed by atoms with Gasteiger partial charge < -0.3 is 5.32 Å². The van der Waals surface area contributed by atoms with E-state index in [1.54, 1.807) is 0 Å². The Labute approximate surface area is 98.6 Å². The number of piperidine rings is 1. The van der Waals surface area contributed by atoms with Gasteiger partial charge in [0.1, 0.15) is 0 Å². The first-order chi connectivity index (χ1) is 7.86. The highest BCUT2D eigenvalue weighted by atomic mass is 14.9. The third-order valence-electron chi connectivity index (χ3n) is 3.39. The van der Waals surface area contributed by atoms with Crippen molar-refractivity contribution in [2.24, 2.45) is 5.92 Å². The van der Waals surface area contributed by atoms with E-state index in [9.17, 15) is 0 Å². The highest BCUT2D eigenvalue weighted by molar-refractivity contribution is 5.63. The highest BCUT2D eigenvalue weighted by Gasteiger charge is 2.11. The van der Waals surface area contributed by atoms with Gasteiger partial charge in [0.25, 0.3) is 0 Å². The van der Waals surface area contributed by atoms with Crippen LogP contribution in [0, 0.1) is 5.92 Å². The molecule has 1 aromatic rings. The number of hydrogen-bond acceptors (Lipinski definition) is 1. The van der Waals surface area contributed by atoms with Crippen molar-refractivity contribution in [3.8, 4) is 0 Å². The Morgan fingerprint density at radius 3 is 2.88 bits per heavy atom. The van der Waals surface area contributed by atoms with Gasteiger partial charge in [0.2, 0.25) is 0 Å². The van der Waals surface area contributed by atoms with Crippen LogP contribution in [0.25, 0.3) is 5.57 Å². The molecule has 86 valence electrons. The standard InChI is InChI=1S/C15H21N/c1-13(15-7-3-2-4-8-15)9-10-14-6-5-11-16-12-14/h2-4,7-9,14,16H,5-6,10-12H2,1H3/b13-9-. The Bertz CT molecular complexity index is 334. The highest BCUT2D eigenvalue weighted by Crippen LogP contribution is 2.19. The van der Waals surface area contributed by atoms with Crippen molar-refractivity contribution in [1.82, 2.24) is 5.32 Å². The molecular formula is C15H21N. The molecule has 1 fully saturated rings. The lowest BCUT2D eigenvalue weighted by atomic mass is 9.94. The summed E-state index contributed by atoms with van der Waals surface area (Å²) in [5.41, 5.74) is 2.76. The second kappa shape index (κ2) is 5.86. The maximum atomic E-state index is 3.47. The number of rotatable bonds is 3. The summed E-state index contributed by atoms with van der Waals surface area (Å²) in [6.45, 7) is 4.61. The molecule has 1 heteroatoms. The van der Waals surface area contributed by atoms with Gasteiger partial charge in [-0.05, 0) is 56.3 Å². The first kappa shape index (κ1) is 11.4. The fourth-order valence-corrected chi connectivity index (χ4v) is 2.29. The Morgan fingerprint density at radius 2 is 2.19 bits per heavy atom. The Hall–Kier alpha value is -1.08. The normalized spacial score (nSPS) is 22.1. The van der Waals surface area contributed by atoms with Crippen molar-refractivity contribution in [3.05, 3.63) is 42.0 Å². The summed E-state index contributed by atoms with van der Waals surface area (Å²) in [5, 5.41) is 3.47. The van der Waals surface area contributed by atoms with Gasteiger partial charge in [0.15, 0.2) is 0 Å². The molecule has 1 aliphatic rings. The first-order valence-electron chi connectivity index (χ1n) is 6.29. The predicted octanol–water partition coefficient (Wildman–Crippen LogP) is 3.48. The van der Waals surface area contributed by atoms with Crippen LogP contribution >= 0.6 is 0 Å². The van der Waals surface area contributed by atoms with Crippen molar-refractivity contribution in [3.63, 3.8) is 0 Å². The van der Waals surface area contributed by atoms with Gasteiger partial charge in [-0.1, -0.05) is 36.4 Å². The number of benzene rings is 1. The molecule has 0 aromatic heterocycles. The molecule has 0 spiro atoms. The topological polar surface area (TPSA) is 12.0 Å². The number of hydrogen-bond donors (Lipinski definition) is 1. The van der Waals surface area contributed by atoms with Gasteiger partial charge >= 0.3 is 0 Å². The Morgan fingerprint density at radius 1 is 1.38 bits per heavy atom. The van der Waals surface area contributed by atoms with Crippen LogP contribution in [-0.2, 0) is 0 Å². The molecule has 0 amide bonds. The molecule has 2 rings (SSSR count). The zero-order valence-corrected chi connectivity index (χ0v) is 10.1. The van der Waals surface area contributed by atoms with Crippen LogP contribution in [0.15, 0.2) is 36.4 Å². The van der Waals surface area contributed by atoms with Crippen molar-refractivity contribution >= 4 is 5.57 Å². The average Bonchev–Trinajstić information content (AvgIpc) is 2.38. The zero-order chi connectivity index (χ0) is 11.2. The lowest BCUT2D eigenvalue weighted by Crippen LogP contribution is -2.29. The molecule has 1 nitrogen and oxygen atoms in total. The van der Waals surface area contributed by atoms with Crippen molar-refractivity contribution < 1.29 is 0 Å². The quantitative estimate of drug-likeness (QED) is 0.814. The smallest absolute Gasteiger partial charge is 0.00175 e. The van der Waals surface area contributed by atoms with E-state index in [1.807, 2.05) is 0 Å². The van der Waals surface area contributed by atoms with Gasteiger partial charge in [-0.25, -0.2) is 0 Å². The minimum absolute atomic E-state index is 0.840. The second-order valence-corrected chi connectivity index (χ2v) is 4.70. The van der Waals surface area contributed by atoms with Gasteiger partial charge in [0, 0.05) is 0 Å². The minimum Gasteiger partial charge on any atom is -0.316 e. The second-order valence-electron chi connectivity index (χ2n) is 4.70. The zero-order valence-electron chi connectivity index (χ0n) is 10.1.